The number of esters is 1. The number of methoxy groups -OCH3 is 1. The second-order valence-corrected chi connectivity index (χ2v) is 9.16. The summed E-state index contributed by atoms with van der Waals surface area (Å²) in [6.45, 7) is 5.18. The van der Waals surface area contributed by atoms with E-state index in [-0.39, 0.29) is 18.6 Å². The van der Waals surface area contributed by atoms with Crippen LogP contribution in [0, 0.1) is 5.92 Å². The van der Waals surface area contributed by atoms with Crippen molar-refractivity contribution in [3.63, 3.8) is 0 Å². The van der Waals surface area contributed by atoms with E-state index in [9.17, 15) is 9.90 Å². The summed E-state index contributed by atoms with van der Waals surface area (Å²) in [5.41, 5.74) is 0.734. The molecule has 1 aromatic rings. The molecule has 0 bridgehead atoms. The van der Waals surface area contributed by atoms with E-state index >= 15 is 0 Å². The number of fused-ring (bicyclic) bond motifs is 6. The SMILES string of the molecule is COC1=C[C@H]2[C@H](c3cc4c(cc3CCN3CCC[C@H]23)OCO4)[C@@H]1OC(=O)C(C)(C)O. The van der Waals surface area contributed by atoms with Crippen LogP contribution in [0.3, 0.4) is 0 Å². The highest BCUT2D eigenvalue weighted by atomic mass is 16.7. The summed E-state index contributed by atoms with van der Waals surface area (Å²) in [7, 11) is 1.61. The number of nitrogens with zero attached hydrogens (tertiary/aromatic N) is 1. The van der Waals surface area contributed by atoms with Crippen LogP contribution in [0.1, 0.15) is 43.7 Å². The van der Waals surface area contributed by atoms with Gasteiger partial charge in [-0.05, 0) is 69.0 Å². The molecule has 3 heterocycles. The molecule has 4 aliphatic rings. The molecule has 0 radical (unpaired) electrons. The zero-order chi connectivity index (χ0) is 21.0. The van der Waals surface area contributed by atoms with Gasteiger partial charge in [-0.1, -0.05) is 0 Å². The van der Waals surface area contributed by atoms with E-state index in [4.69, 9.17) is 18.9 Å². The highest BCUT2D eigenvalue weighted by Gasteiger charge is 2.50. The van der Waals surface area contributed by atoms with Crippen molar-refractivity contribution in [2.45, 2.75) is 56.8 Å². The Hall–Kier alpha value is -2.25. The Bertz CT molecular complexity index is 888. The van der Waals surface area contributed by atoms with Gasteiger partial charge in [-0.15, -0.1) is 0 Å². The van der Waals surface area contributed by atoms with E-state index in [2.05, 4.69) is 23.1 Å². The summed E-state index contributed by atoms with van der Waals surface area (Å²) in [6, 6.07) is 4.51. The fourth-order valence-electron chi connectivity index (χ4n) is 5.42. The van der Waals surface area contributed by atoms with Gasteiger partial charge in [0.1, 0.15) is 5.76 Å². The van der Waals surface area contributed by atoms with Crippen molar-refractivity contribution in [3.05, 3.63) is 35.1 Å². The first-order valence-electron chi connectivity index (χ1n) is 10.7. The van der Waals surface area contributed by atoms with Gasteiger partial charge in [-0.3, -0.25) is 4.90 Å². The standard InChI is InChI=1S/C23H29NO6/c1-23(2,26)22(25)30-21-19(27-3)11-15-16-5-4-7-24(16)8-6-13-9-17-18(29-12-28-17)10-14(13)20(15)21/h9-11,15-16,20-21,26H,4-8,12H2,1-3H3/t15-,16-,20+,21-/m1/s1. The van der Waals surface area contributed by atoms with Crippen molar-refractivity contribution < 1.29 is 28.8 Å². The molecule has 7 nitrogen and oxygen atoms in total. The molecular formula is C23H29NO6. The maximum atomic E-state index is 12.6. The number of aliphatic hydroxyl groups is 1. The first kappa shape index (κ1) is 19.7. The molecule has 7 heteroatoms. The normalized spacial score (nSPS) is 29.9. The fraction of sp³-hybridized carbons (Fsp3) is 0.609. The molecule has 1 aliphatic carbocycles. The molecule has 5 rings (SSSR count). The summed E-state index contributed by atoms with van der Waals surface area (Å²) >= 11 is 0. The summed E-state index contributed by atoms with van der Waals surface area (Å²) in [5.74, 6) is 1.56. The summed E-state index contributed by atoms with van der Waals surface area (Å²) in [5, 5.41) is 10.2. The van der Waals surface area contributed by atoms with Gasteiger partial charge in [0, 0.05) is 24.4 Å². The molecule has 1 N–H and O–H groups in total. The van der Waals surface area contributed by atoms with E-state index in [1.54, 1.807) is 7.11 Å². The minimum absolute atomic E-state index is 0.0957. The lowest BCUT2D eigenvalue weighted by Gasteiger charge is -2.38. The molecule has 0 saturated carbocycles. The van der Waals surface area contributed by atoms with Crippen LogP contribution < -0.4 is 9.47 Å². The maximum Gasteiger partial charge on any atom is 0.338 e. The molecule has 162 valence electrons. The quantitative estimate of drug-likeness (QED) is 0.760. The Morgan fingerprint density at radius 3 is 2.73 bits per heavy atom. The molecule has 0 spiro atoms. The number of rotatable bonds is 3. The number of carbonyl (C=O) groups excluding carboxylic acids is 1. The maximum absolute atomic E-state index is 12.6. The van der Waals surface area contributed by atoms with Gasteiger partial charge in [0.25, 0.3) is 0 Å². The molecule has 3 aliphatic heterocycles. The van der Waals surface area contributed by atoms with Crippen molar-refractivity contribution in [1.29, 1.82) is 0 Å². The number of carbonyl (C=O) groups is 1. The zero-order valence-electron chi connectivity index (χ0n) is 17.7. The van der Waals surface area contributed by atoms with E-state index < -0.39 is 17.7 Å². The van der Waals surface area contributed by atoms with Crippen molar-refractivity contribution in [1.82, 2.24) is 4.90 Å². The third kappa shape index (κ3) is 3.15. The largest absolute Gasteiger partial charge is 0.497 e. The number of benzene rings is 1. The van der Waals surface area contributed by atoms with Crippen LogP contribution in [-0.2, 0) is 20.7 Å². The first-order valence-corrected chi connectivity index (χ1v) is 10.7. The molecule has 0 aromatic heterocycles. The van der Waals surface area contributed by atoms with Gasteiger partial charge in [-0.2, -0.15) is 0 Å². The van der Waals surface area contributed by atoms with Gasteiger partial charge in [0.05, 0.1) is 7.11 Å². The van der Waals surface area contributed by atoms with E-state index in [0.717, 1.165) is 49.4 Å². The number of ether oxygens (including phenoxy) is 4. The van der Waals surface area contributed by atoms with Crippen molar-refractivity contribution in [3.8, 4) is 11.5 Å². The number of hydrogen-bond donors (Lipinski definition) is 1. The zero-order valence-corrected chi connectivity index (χ0v) is 17.7. The van der Waals surface area contributed by atoms with Gasteiger partial charge >= 0.3 is 5.97 Å². The van der Waals surface area contributed by atoms with Gasteiger partial charge in [0.2, 0.25) is 6.79 Å². The van der Waals surface area contributed by atoms with Gasteiger partial charge in [0.15, 0.2) is 23.2 Å². The summed E-state index contributed by atoms with van der Waals surface area (Å²) < 4.78 is 22.9. The summed E-state index contributed by atoms with van der Waals surface area (Å²) in [4.78, 5) is 15.2. The Morgan fingerprint density at radius 1 is 1.23 bits per heavy atom. The second kappa shape index (κ2) is 7.17. The van der Waals surface area contributed by atoms with Crippen LogP contribution in [-0.4, -0.2) is 60.7 Å². The van der Waals surface area contributed by atoms with Crippen LogP contribution in [0.5, 0.6) is 11.5 Å². The van der Waals surface area contributed by atoms with E-state index in [1.807, 2.05) is 0 Å². The Morgan fingerprint density at radius 2 is 2.00 bits per heavy atom. The minimum atomic E-state index is -1.57. The fourth-order valence-corrected chi connectivity index (χ4v) is 5.42. The highest BCUT2D eigenvalue weighted by Crippen LogP contribution is 2.50. The second-order valence-electron chi connectivity index (χ2n) is 9.16. The average Bonchev–Trinajstić information content (AvgIpc) is 3.41. The highest BCUT2D eigenvalue weighted by molar-refractivity contribution is 5.78. The predicted octanol–water partition coefficient (Wildman–Crippen LogP) is 2.36. The van der Waals surface area contributed by atoms with E-state index in [0.29, 0.717) is 11.8 Å². The van der Waals surface area contributed by atoms with Crippen molar-refractivity contribution in [2.24, 2.45) is 5.92 Å². The lowest BCUT2D eigenvalue weighted by atomic mass is 9.77. The molecule has 30 heavy (non-hydrogen) atoms. The van der Waals surface area contributed by atoms with Crippen LogP contribution in [0.4, 0.5) is 0 Å². The predicted molar refractivity (Wildman–Crippen MR) is 108 cm³/mol. The Kier molecular flexibility index (Phi) is 4.71. The Balaban J connectivity index is 1.61. The minimum Gasteiger partial charge on any atom is -0.497 e. The molecular weight excluding hydrogens is 386 g/mol. The monoisotopic (exact) mass is 415 g/mol. The molecule has 1 saturated heterocycles. The molecule has 0 unspecified atom stereocenters. The third-order valence-electron chi connectivity index (χ3n) is 6.87. The van der Waals surface area contributed by atoms with Crippen molar-refractivity contribution >= 4 is 5.97 Å². The van der Waals surface area contributed by atoms with E-state index in [1.165, 1.54) is 19.4 Å². The van der Waals surface area contributed by atoms with Gasteiger partial charge < -0.3 is 24.1 Å². The topological polar surface area (TPSA) is 77.5 Å². The third-order valence-corrected chi connectivity index (χ3v) is 6.87. The molecule has 0 amide bonds. The molecule has 1 aromatic carbocycles. The van der Waals surface area contributed by atoms with Crippen molar-refractivity contribution in [2.75, 3.05) is 27.0 Å². The van der Waals surface area contributed by atoms with Crippen LogP contribution in [0.15, 0.2) is 24.0 Å². The first-order chi connectivity index (χ1) is 14.4. The van der Waals surface area contributed by atoms with Gasteiger partial charge in [-0.25, -0.2) is 4.79 Å². The smallest absolute Gasteiger partial charge is 0.338 e. The summed E-state index contributed by atoms with van der Waals surface area (Å²) in [6.07, 6.45) is 4.73. The lowest BCUT2D eigenvalue weighted by Crippen LogP contribution is -2.43. The van der Waals surface area contributed by atoms with Crippen LogP contribution in [0.2, 0.25) is 0 Å². The Labute approximate surface area is 176 Å². The molecule has 4 atom stereocenters. The number of hydrogen-bond acceptors (Lipinski definition) is 7. The lowest BCUT2D eigenvalue weighted by molar-refractivity contribution is -0.168. The van der Waals surface area contributed by atoms with Crippen LogP contribution in [0.25, 0.3) is 0 Å². The molecule has 1 fully saturated rings. The average molecular weight is 415 g/mol. The van der Waals surface area contributed by atoms with Crippen LogP contribution >= 0.6 is 0 Å².